The Hall–Kier alpha value is -2.54. The highest BCUT2D eigenvalue weighted by Crippen LogP contribution is 2.30. The van der Waals surface area contributed by atoms with Gasteiger partial charge in [0.1, 0.15) is 5.71 Å². The molecule has 2 atom stereocenters. The van der Waals surface area contributed by atoms with Gasteiger partial charge >= 0.3 is 6.03 Å². The molecule has 0 aromatic heterocycles. The second kappa shape index (κ2) is 13.1. The van der Waals surface area contributed by atoms with Crippen molar-refractivity contribution in [1.29, 1.82) is 0 Å². The number of rotatable bonds is 10. The molecule has 1 saturated carbocycles. The SMILES string of the molecule is C=NC(=O)NC(=O)C(CCCCCCC1CCCCC1O)=Nc1cc(C)c(C)cc1NC. The Bertz CT molecular complexity index is 835. The minimum atomic E-state index is -0.775. The number of imide groups is 1. The van der Waals surface area contributed by atoms with Crippen LogP contribution in [0.4, 0.5) is 16.2 Å². The summed E-state index contributed by atoms with van der Waals surface area (Å²) in [5.74, 6) is -0.0955. The van der Waals surface area contributed by atoms with Gasteiger partial charge in [-0.2, -0.15) is 0 Å². The first-order valence-electron chi connectivity index (χ1n) is 11.7. The topological polar surface area (TPSA) is 103 Å². The molecule has 0 spiro atoms. The molecule has 0 aliphatic heterocycles. The number of aryl methyl sites for hydroxylation is 2. The molecule has 0 saturated heterocycles. The smallest absolute Gasteiger partial charge is 0.347 e. The number of benzene rings is 1. The molecule has 1 aliphatic rings. The van der Waals surface area contributed by atoms with Gasteiger partial charge in [0.25, 0.3) is 5.91 Å². The number of amides is 3. The molecule has 0 radical (unpaired) electrons. The minimum absolute atomic E-state index is 0.137. The maximum atomic E-state index is 12.6. The maximum Gasteiger partial charge on any atom is 0.347 e. The van der Waals surface area contributed by atoms with Crippen LogP contribution in [-0.4, -0.2) is 42.6 Å². The van der Waals surface area contributed by atoms with Crippen LogP contribution in [0.1, 0.15) is 75.3 Å². The molecular formula is C25H38N4O3. The molecule has 1 aromatic rings. The van der Waals surface area contributed by atoms with Crippen LogP contribution in [0.2, 0.25) is 0 Å². The lowest BCUT2D eigenvalue weighted by Gasteiger charge is -2.27. The highest BCUT2D eigenvalue weighted by molar-refractivity contribution is 6.41. The largest absolute Gasteiger partial charge is 0.393 e. The minimum Gasteiger partial charge on any atom is -0.393 e. The van der Waals surface area contributed by atoms with E-state index in [1.54, 1.807) is 0 Å². The fourth-order valence-corrected chi connectivity index (χ4v) is 4.25. The van der Waals surface area contributed by atoms with Crippen molar-refractivity contribution >= 4 is 35.7 Å². The van der Waals surface area contributed by atoms with Crippen LogP contribution in [0.15, 0.2) is 22.1 Å². The van der Waals surface area contributed by atoms with Gasteiger partial charge in [-0.3, -0.25) is 10.1 Å². The van der Waals surface area contributed by atoms with Crippen molar-refractivity contribution in [3.05, 3.63) is 23.3 Å². The second-order valence-electron chi connectivity index (χ2n) is 8.74. The third-order valence-corrected chi connectivity index (χ3v) is 6.37. The monoisotopic (exact) mass is 442 g/mol. The van der Waals surface area contributed by atoms with E-state index in [0.717, 1.165) is 68.2 Å². The van der Waals surface area contributed by atoms with Gasteiger partial charge in [-0.1, -0.05) is 32.1 Å². The van der Waals surface area contributed by atoms with Gasteiger partial charge in [-0.25, -0.2) is 14.8 Å². The van der Waals surface area contributed by atoms with Crippen LogP contribution in [0, 0.1) is 19.8 Å². The van der Waals surface area contributed by atoms with E-state index >= 15 is 0 Å². The fraction of sp³-hybridized carbons (Fsp3) is 0.600. The zero-order chi connectivity index (χ0) is 23.5. The summed E-state index contributed by atoms with van der Waals surface area (Å²) >= 11 is 0. The number of aliphatic hydroxyl groups excluding tert-OH is 1. The number of carbonyl (C=O) groups is 2. The molecule has 1 aliphatic carbocycles. The Kier molecular flexibility index (Phi) is 10.5. The van der Waals surface area contributed by atoms with Gasteiger partial charge in [-0.15, -0.1) is 0 Å². The fourth-order valence-electron chi connectivity index (χ4n) is 4.25. The van der Waals surface area contributed by atoms with E-state index < -0.39 is 11.9 Å². The number of aliphatic imine (C=N–C) groups is 2. The van der Waals surface area contributed by atoms with E-state index in [2.05, 4.69) is 27.3 Å². The van der Waals surface area contributed by atoms with E-state index in [4.69, 9.17) is 0 Å². The molecule has 1 fully saturated rings. The number of aliphatic hydroxyl groups is 1. The lowest BCUT2D eigenvalue weighted by atomic mass is 9.83. The zero-order valence-electron chi connectivity index (χ0n) is 19.7. The van der Waals surface area contributed by atoms with Crippen LogP contribution in [0.3, 0.4) is 0 Å². The molecule has 2 unspecified atom stereocenters. The first kappa shape index (κ1) is 25.7. The predicted molar refractivity (Wildman–Crippen MR) is 131 cm³/mol. The van der Waals surface area contributed by atoms with Gasteiger partial charge in [0, 0.05) is 7.05 Å². The summed E-state index contributed by atoms with van der Waals surface area (Å²) in [6, 6.07) is 3.17. The number of anilines is 1. The van der Waals surface area contributed by atoms with Crippen LogP contribution >= 0.6 is 0 Å². The van der Waals surface area contributed by atoms with E-state index in [1.165, 1.54) is 6.42 Å². The molecule has 3 amide bonds. The van der Waals surface area contributed by atoms with Crippen molar-refractivity contribution in [2.45, 2.75) is 84.2 Å². The Balaban J connectivity index is 1.99. The van der Waals surface area contributed by atoms with Crippen molar-refractivity contribution in [2.24, 2.45) is 15.9 Å². The average Bonchev–Trinajstić information content (AvgIpc) is 2.78. The lowest BCUT2D eigenvalue weighted by Crippen LogP contribution is -2.34. The van der Waals surface area contributed by atoms with Gasteiger partial charge in [-0.05, 0) is 81.8 Å². The average molecular weight is 443 g/mol. The van der Waals surface area contributed by atoms with Gasteiger partial charge in [0.2, 0.25) is 0 Å². The van der Waals surface area contributed by atoms with Gasteiger partial charge in [0.15, 0.2) is 0 Å². The molecule has 176 valence electrons. The zero-order valence-corrected chi connectivity index (χ0v) is 19.7. The van der Waals surface area contributed by atoms with Crippen molar-refractivity contribution < 1.29 is 14.7 Å². The molecule has 32 heavy (non-hydrogen) atoms. The van der Waals surface area contributed by atoms with Gasteiger partial charge < -0.3 is 10.4 Å². The van der Waals surface area contributed by atoms with Crippen LogP contribution in [0.25, 0.3) is 0 Å². The first-order valence-corrected chi connectivity index (χ1v) is 11.7. The van der Waals surface area contributed by atoms with Crippen LogP contribution in [0.5, 0.6) is 0 Å². The van der Waals surface area contributed by atoms with Crippen molar-refractivity contribution in [2.75, 3.05) is 12.4 Å². The predicted octanol–water partition coefficient (Wildman–Crippen LogP) is 5.25. The second-order valence-corrected chi connectivity index (χ2v) is 8.74. The summed E-state index contributed by atoms with van der Waals surface area (Å²) in [6.45, 7) is 7.19. The molecule has 0 bridgehead atoms. The highest BCUT2D eigenvalue weighted by atomic mass is 16.3. The van der Waals surface area contributed by atoms with Crippen molar-refractivity contribution in [3.63, 3.8) is 0 Å². The summed E-state index contributed by atoms with van der Waals surface area (Å²) in [7, 11) is 1.82. The third kappa shape index (κ3) is 7.86. The number of hydrogen-bond acceptors (Lipinski definition) is 5. The third-order valence-electron chi connectivity index (χ3n) is 6.37. The molecule has 2 rings (SSSR count). The number of nitrogens with zero attached hydrogens (tertiary/aromatic N) is 2. The Labute approximate surface area is 191 Å². The van der Waals surface area contributed by atoms with E-state index in [-0.39, 0.29) is 6.10 Å². The number of nitrogens with one attached hydrogen (secondary N) is 2. The lowest BCUT2D eigenvalue weighted by molar-refractivity contribution is -0.113. The molecule has 0 heterocycles. The molecule has 7 heteroatoms. The first-order chi connectivity index (χ1) is 15.3. The summed E-state index contributed by atoms with van der Waals surface area (Å²) in [4.78, 5) is 32.0. The quantitative estimate of drug-likeness (QED) is 0.340. The van der Waals surface area contributed by atoms with Crippen molar-refractivity contribution in [1.82, 2.24) is 5.32 Å². The number of unbranched alkanes of at least 4 members (excludes halogenated alkanes) is 3. The number of hydrogen-bond donors (Lipinski definition) is 3. The van der Waals surface area contributed by atoms with E-state index in [0.29, 0.717) is 23.7 Å². The highest BCUT2D eigenvalue weighted by Gasteiger charge is 2.22. The number of urea groups is 1. The summed E-state index contributed by atoms with van der Waals surface area (Å²) in [5.41, 5.74) is 4.03. The summed E-state index contributed by atoms with van der Waals surface area (Å²) in [6.07, 6.45) is 9.73. The summed E-state index contributed by atoms with van der Waals surface area (Å²) in [5, 5.41) is 15.5. The summed E-state index contributed by atoms with van der Waals surface area (Å²) < 4.78 is 0. The van der Waals surface area contributed by atoms with E-state index in [1.807, 2.05) is 33.0 Å². The Morgan fingerprint density at radius 1 is 1.09 bits per heavy atom. The van der Waals surface area contributed by atoms with Crippen LogP contribution in [-0.2, 0) is 4.79 Å². The van der Waals surface area contributed by atoms with Crippen molar-refractivity contribution in [3.8, 4) is 0 Å². The normalized spacial score (nSPS) is 18.8. The number of carbonyl (C=O) groups excluding carboxylic acids is 2. The Morgan fingerprint density at radius 2 is 1.78 bits per heavy atom. The molecule has 7 nitrogen and oxygen atoms in total. The molecule has 1 aromatic carbocycles. The van der Waals surface area contributed by atoms with Crippen LogP contribution < -0.4 is 10.6 Å². The molecular weight excluding hydrogens is 404 g/mol. The standard InChI is InChI=1S/C25H38N4O3/c1-17-15-21(26-3)22(16-18(17)2)28-20(24(31)29-25(32)27-4)13-8-6-5-7-11-19-12-9-10-14-23(19)30/h15-16,19,23,26,30H,4-14H2,1-3H3,(H,29,31,32). The van der Waals surface area contributed by atoms with Gasteiger partial charge in [0.05, 0.1) is 17.5 Å². The Morgan fingerprint density at radius 3 is 2.47 bits per heavy atom. The maximum absolute atomic E-state index is 12.6. The van der Waals surface area contributed by atoms with E-state index in [9.17, 15) is 14.7 Å². The molecule has 3 N–H and O–H groups in total.